The third kappa shape index (κ3) is 2.79. The topological polar surface area (TPSA) is 59.7 Å². The van der Waals surface area contributed by atoms with Gasteiger partial charge in [0.05, 0.1) is 12.5 Å². The summed E-state index contributed by atoms with van der Waals surface area (Å²) in [6.45, 7) is 0.233. The molecule has 0 saturated heterocycles. The van der Waals surface area contributed by atoms with Crippen LogP contribution in [0.15, 0.2) is 41.2 Å². The Morgan fingerprint density at radius 3 is 2.88 bits per heavy atom. The Balaban J connectivity index is 2.19. The van der Waals surface area contributed by atoms with E-state index >= 15 is 0 Å². The van der Waals surface area contributed by atoms with Crippen LogP contribution in [0.25, 0.3) is 0 Å². The molecule has 0 spiro atoms. The first-order chi connectivity index (χ1) is 8.16. The number of ether oxygens (including phenoxy) is 1. The van der Waals surface area contributed by atoms with Crippen molar-refractivity contribution in [3.63, 3.8) is 0 Å². The Hall–Kier alpha value is -1.94. The lowest BCUT2D eigenvalue weighted by atomic mass is 10.2. The minimum atomic E-state index is -1.05. The molecule has 5 heteroatoms. The van der Waals surface area contributed by atoms with E-state index in [-0.39, 0.29) is 17.9 Å². The molecule has 2 aromatic rings. The van der Waals surface area contributed by atoms with E-state index in [0.717, 1.165) is 5.56 Å². The highest BCUT2D eigenvalue weighted by Crippen LogP contribution is 2.24. The molecule has 0 aliphatic carbocycles. The van der Waals surface area contributed by atoms with E-state index in [9.17, 15) is 4.79 Å². The summed E-state index contributed by atoms with van der Waals surface area (Å²) in [6, 6.07) is 6.14. The van der Waals surface area contributed by atoms with Gasteiger partial charge >= 0.3 is 5.97 Å². The van der Waals surface area contributed by atoms with Crippen LogP contribution in [0.2, 0.25) is 5.02 Å². The number of aromatic carboxylic acids is 1. The average molecular weight is 253 g/mol. The number of furan rings is 1. The molecular weight excluding hydrogens is 244 g/mol. The maximum absolute atomic E-state index is 11.0. The van der Waals surface area contributed by atoms with Crippen LogP contribution in [0.4, 0.5) is 0 Å². The fourth-order valence-electron chi connectivity index (χ4n) is 1.33. The van der Waals surface area contributed by atoms with E-state index in [1.54, 1.807) is 6.07 Å². The van der Waals surface area contributed by atoms with Gasteiger partial charge in [0.1, 0.15) is 17.9 Å². The highest BCUT2D eigenvalue weighted by atomic mass is 35.5. The van der Waals surface area contributed by atoms with Crippen LogP contribution in [0, 0.1) is 0 Å². The van der Waals surface area contributed by atoms with Crippen molar-refractivity contribution in [2.75, 3.05) is 0 Å². The van der Waals surface area contributed by atoms with Crippen molar-refractivity contribution in [3.05, 3.63) is 52.9 Å². The molecule has 2 rings (SSSR count). The van der Waals surface area contributed by atoms with E-state index in [1.807, 2.05) is 0 Å². The van der Waals surface area contributed by atoms with Gasteiger partial charge in [0, 0.05) is 10.6 Å². The first-order valence-electron chi connectivity index (χ1n) is 4.83. The molecule has 0 saturated carbocycles. The van der Waals surface area contributed by atoms with Crippen LogP contribution >= 0.6 is 11.6 Å². The molecule has 1 heterocycles. The monoisotopic (exact) mass is 252 g/mol. The molecular formula is C12H9ClO4. The molecule has 0 aliphatic heterocycles. The number of carbonyl (C=O) groups is 1. The van der Waals surface area contributed by atoms with Crippen molar-refractivity contribution in [2.45, 2.75) is 6.61 Å². The Morgan fingerprint density at radius 2 is 2.24 bits per heavy atom. The van der Waals surface area contributed by atoms with Gasteiger partial charge in [-0.2, -0.15) is 0 Å². The summed E-state index contributed by atoms with van der Waals surface area (Å²) in [7, 11) is 0. The minimum Gasteiger partial charge on any atom is -0.488 e. The number of carboxylic acid groups (broad SMARTS) is 1. The number of rotatable bonds is 4. The predicted octanol–water partition coefficient (Wildman–Crippen LogP) is 3.21. The molecule has 17 heavy (non-hydrogen) atoms. The maximum atomic E-state index is 11.0. The van der Waals surface area contributed by atoms with Gasteiger partial charge in [0.2, 0.25) is 0 Å². The van der Waals surface area contributed by atoms with E-state index in [1.165, 1.54) is 30.7 Å². The quantitative estimate of drug-likeness (QED) is 0.908. The summed E-state index contributed by atoms with van der Waals surface area (Å²) in [5.74, 6) is -0.810. The first-order valence-corrected chi connectivity index (χ1v) is 5.21. The lowest BCUT2D eigenvalue weighted by Crippen LogP contribution is -2.02. The zero-order valence-electron chi connectivity index (χ0n) is 8.72. The second-order valence-corrected chi connectivity index (χ2v) is 3.80. The summed E-state index contributed by atoms with van der Waals surface area (Å²) in [6.07, 6.45) is 3.06. The summed E-state index contributed by atoms with van der Waals surface area (Å²) in [5, 5.41) is 9.40. The number of carboxylic acids is 1. The number of halogens is 1. The largest absolute Gasteiger partial charge is 0.488 e. The number of benzene rings is 1. The third-order valence-corrected chi connectivity index (χ3v) is 2.38. The fourth-order valence-corrected chi connectivity index (χ4v) is 1.49. The van der Waals surface area contributed by atoms with E-state index in [2.05, 4.69) is 0 Å². The molecule has 1 aromatic carbocycles. The van der Waals surface area contributed by atoms with Crippen LogP contribution in [-0.2, 0) is 6.61 Å². The van der Waals surface area contributed by atoms with Crippen LogP contribution < -0.4 is 4.74 Å². The van der Waals surface area contributed by atoms with E-state index in [0.29, 0.717) is 5.02 Å². The van der Waals surface area contributed by atoms with E-state index in [4.69, 9.17) is 25.9 Å². The fraction of sp³-hybridized carbons (Fsp3) is 0.0833. The summed E-state index contributed by atoms with van der Waals surface area (Å²) in [5.41, 5.74) is 0.902. The molecule has 0 radical (unpaired) electrons. The Bertz CT molecular complexity index is 519. The molecule has 0 unspecified atom stereocenters. The second-order valence-electron chi connectivity index (χ2n) is 3.37. The molecule has 0 bridgehead atoms. The van der Waals surface area contributed by atoms with Crippen LogP contribution in [0.5, 0.6) is 5.75 Å². The lowest BCUT2D eigenvalue weighted by molar-refractivity contribution is 0.0692. The second kappa shape index (κ2) is 4.93. The van der Waals surface area contributed by atoms with Gasteiger partial charge in [-0.25, -0.2) is 4.79 Å². The smallest absolute Gasteiger partial charge is 0.339 e. The Morgan fingerprint density at radius 1 is 1.41 bits per heavy atom. The summed E-state index contributed by atoms with van der Waals surface area (Å²) < 4.78 is 10.3. The van der Waals surface area contributed by atoms with Gasteiger partial charge in [-0.1, -0.05) is 11.6 Å². The van der Waals surface area contributed by atoms with Crippen molar-refractivity contribution >= 4 is 17.6 Å². The maximum Gasteiger partial charge on any atom is 0.339 e. The van der Waals surface area contributed by atoms with Gasteiger partial charge in [-0.05, 0) is 24.3 Å². The number of hydrogen-bond acceptors (Lipinski definition) is 3. The van der Waals surface area contributed by atoms with E-state index < -0.39 is 5.97 Å². The van der Waals surface area contributed by atoms with Crippen LogP contribution in [0.1, 0.15) is 15.9 Å². The SMILES string of the molecule is O=C(O)c1ccc(Cl)cc1OCc1ccoc1. The molecule has 1 aromatic heterocycles. The standard InChI is InChI=1S/C12H9ClO4/c13-9-1-2-10(12(14)15)11(5-9)17-7-8-3-4-16-6-8/h1-6H,7H2,(H,14,15). The van der Waals surface area contributed by atoms with Gasteiger partial charge < -0.3 is 14.3 Å². The van der Waals surface area contributed by atoms with Gasteiger partial charge in [0.15, 0.2) is 0 Å². The third-order valence-electron chi connectivity index (χ3n) is 2.15. The van der Waals surface area contributed by atoms with Crippen molar-refractivity contribution in [2.24, 2.45) is 0 Å². The molecule has 0 atom stereocenters. The highest BCUT2D eigenvalue weighted by molar-refractivity contribution is 6.30. The van der Waals surface area contributed by atoms with Crippen LogP contribution in [-0.4, -0.2) is 11.1 Å². The molecule has 1 N–H and O–H groups in total. The molecule has 0 amide bonds. The van der Waals surface area contributed by atoms with Crippen LogP contribution in [0.3, 0.4) is 0 Å². The van der Waals surface area contributed by atoms with Gasteiger partial charge in [-0.15, -0.1) is 0 Å². The molecule has 88 valence electrons. The average Bonchev–Trinajstić information content (AvgIpc) is 2.78. The minimum absolute atomic E-state index is 0.0814. The molecule has 0 aliphatic rings. The molecule has 0 fully saturated rings. The zero-order chi connectivity index (χ0) is 12.3. The molecule has 4 nitrogen and oxygen atoms in total. The highest BCUT2D eigenvalue weighted by Gasteiger charge is 2.12. The summed E-state index contributed by atoms with van der Waals surface area (Å²) >= 11 is 5.79. The first kappa shape index (κ1) is 11.5. The van der Waals surface area contributed by atoms with Crippen molar-refractivity contribution < 1.29 is 19.1 Å². The Labute approximate surface area is 102 Å². The normalized spacial score (nSPS) is 10.2. The van der Waals surface area contributed by atoms with Crippen molar-refractivity contribution in [1.82, 2.24) is 0 Å². The van der Waals surface area contributed by atoms with Crippen molar-refractivity contribution in [1.29, 1.82) is 0 Å². The zero-order valence-corrected chi connectivity index (χ0v) is 9.48. The summed E-state index contributed by atoms with van der Waals surface area (Å²) in [4.78, 5) is 11.0. The van der Waals surface area contributed by atoms with Gasteiger partial charge in [0.25, 0.3) is 0 Å². The predicted molar refractivity (Wildman–Crippen MR) is 61.5 cm³/mol. The number of hydrogen-bond donors (Lipinski definition) is 1. The van der Waals surface area contributed by atoms with Gasteiger partial charge in [-0.3, -0.25) is 0 Å². The lowest BCUT2D eigenvalue weighted by Gasteiger charge is -2.08. The Kier molecular flexibility index (Phi) is 3.35. The van der Waals surface area contributed by atoms with Crippen molar-refractivity contribution in [3.8, 4) is 5.75 Å².